The van der Waals surface area contributed by atoms with E-state index in [-0.39, 0.29) is 0 Å². The number of carbonyl (C=O) groups excluding carboxylic acids is 1. The van der Waals surface area contributed by atoms with Crippen molar-refractivity contribution in [3.63, 3.8) is 0 Å². The van der Waals surface area contributed by atoms with Crippen LogP contribution in [0.25, 0.3) is 11.0 Å². The molecule has 2 aromatic rings. The summed E-state index contributed by atoms with van der Waals surface area (Å²) in [5.41, 5.74) is 2.18. The molecule has 0 N–H and O–H groups in total. The number of aromatic nitrogens is 2. The molecule has 3 rings (SSSR count). The molecule has 2 heterocycles. The lowest BCUT2D eigenvalue weighted by Gasteiger charge is -2.27. The van der Waals surface area contributed by atoms with Crippen LogP contribution < -0.4 is 4.90 Å². The summed E-state index contributed by atoms with van der Waals surface area (Å²) in [5.74, 6) is 0.865. The van der Waals surface area contributed by atoms with Crippen LogP contribution >= 0.6 is 0 Å². The van der Waals surface area contributed by atoms with Gasteiger partial charge in [0, 0.05) is 18.7 Å². The maximum atomic E-state index is 10.7. The third-order valence-electron chi connectivity index (χ3n) is 3.02. The summed E-state index contributed by atoms with van der Waals surface area (Å²) in [4.78, 5) is 21.8. The smallest absolute Gasteiger partial charge is 0.150 e. The lowest BCUT2D eigenvalue weighted by Crippen LogP contribution is -2.36. The minimum Gasteiger partial charge on any atom is -0.378 e. The molecule has 1 aromatic carbocycles. The highest BCUT2D eigenvalue weighted by atomic mass is 16.5. The molecule has 0 bridgehead atoms. The highest BCUT2D eigenvalue weighted by Gasteiger charge is 2.13. The van der Waals surface area contributed by atoms with Crippen LogP contribution in [0.1, 0.15) is 10.4 Å². The van der Waals surface area contributed by atoms with E-state index in [0.717, 1.165) is 49.4 Å². The third-order valence-corrected chi connectivity index (χ3v) is 3.02. The molecule has 5 heteroatoms. The van der Waals surface area contributed by atoms with Crippen LogP contribution in [0.15, 0.2) is 24.4 Å². The van der Waals surface area contributed by atoms with Gasteiger partial charge in [0.1, 0.15) is 12.1 Å². The van der Waals surface area contributed by atoms with Crippen molar-refractivity contribution in [2.24, 2.45) is 0 Å². The number of rotatable bonds is 2. The first-order valence-corrected chi connectivity index (χ1v) is 5.91. The summed E-state index contributed by atoms with van der Waals surface area (Å²) < 4.78 is 5.31. The number of nitrogens with zero attached hydrogens (tertiary/aromatic N) is 3. The van der Waals surface area contributed by atoms with Crippen LogP contribution in [-0.4, -0.2) is 42.6 Å². The van der Waals surface area contributed by atoms with Gasteiger partial charge in [-0.1, -0.05) is 0 Å². The molecule has 0 saturated carbocycles. The number of anilines is 1. The summed E-state index contributed by atoms with van der Waals surface area (Å²) in [7, 11) is 0. The van der Waals surface area contributed by atoms with Crippen molar-refractivity contribution in [2.75, 3.05) is 31.2 Å². The topological polar surface area (TPSA) is 55.3 Å². The molecule has 0 amide bonds. The Labute approximate surface area is 104 Å². The Morgan fingerprint density at radius 3 is 2.83 bits per heavy atom. The van der Waals surface area contributed by atoms with E-state index in [1.807, 2.05) is 6.07 Å². The van der Waals surface area contributed by atoms with E-state index in [1.165, 1.54) is 0 Å². The fourth-order valence-corrected chi connectivity index (χ4v) is 2.04. The van der Waals surface area contributed by atoms with Crippen LogP contribution in [-0.2, 0) is 4.74 Å². The fraction of sp³-hybridized carbons (Fsp3) is 0.308. The lowest BCUT2D eigenvalue weighted by molar-refractivity contribution is 0.112. The van der Waals surface area contributed by atoms with Crippen LogP contribution in [0.3, 0.4) is 0 Å². The number of benzene rings is 1. The van der Waals surface area contributed by atoms with E-state index < -0.39 is 0 Å². The van der Waals surface area contributed by atoms with E-state index in [4.69, 9.17) is 4.74 Å². The van der Waals surface area contributed by atoms with Gasteiger partial charge >= 0.3 is 0 Å². The zero-order valence-electron chi connectivity index (χ0n) is 9.87. The third kappa shape index (κ3) is 2.04. The molecule has 92 valence electrons. The Morgan fingerprint density at radius 1 is 1.22 bits per heavy atom. The monoisotopic (exact) mass is 243 g/mol. The lowest BCUT2D eigenvalue weighted by atomic mass is 10.2. The number of fused-ring (bicyclic) bond motifs is 1. The molecular formula is C13H13N3O2. The fourth-order valence-electron chi connectivity index (χ4n) is 2.04. The molecule has 0 spiro atoms. The Balaban J connectivity index is 1.97. The van der Waals surface area contributed by atoms with Gasteiger partial charge in [-0.05, 0) is 18.2 Å². The number of ether oxygens (including phenoxy) is 1. The number of hydrogen-bond donors (Lipinski definition) is 0. The second-order valence-corrected chi connectivity index (χ2v) is 4.19. The van der Waals surface area contributed by atoms with Crippen LogP contribution in [0.5, 0.6) is 0 Å². The van der Waals surface area contributed by atoms with Gasteiger partial charge in [0.15, 0.2) is 0 Å². The molecule has 1 saturated heterocycles. The van der Waals surface area contributed by atoms with Crippen LogP contribution in [0, 0.1) is 0 Å². The molecule has 1 aromatic heterocycles. The van der Waals surface area contributed by atoms with Crippen molar-refractivity contribution < 1.29 is 9.53 Å². The molecule has 5 nitrogen and oxygen atoms in total. The summed E-state index contributed by atoms with van der Waals surface area (Å²) in [5, 5.41) is 0. The maximum absolute atomic E-state index is 10.7. The first kappa shape index (κ1) is 11.1. The van der Waals surface area contributed by atoms with Gasteiger partial charge in [-0.15, -0.1) is 0 Å². The predicted molar refractivity (Wildman–Crippen MR) is 68.0 cm³/mol. The van der Waals surface area contributed by atoms with Gasteiger partial charge in [-0.25, -0.2) is 4.98 Å². The van der Waals surface area contributed by atoms with Gasteiger partial charge in [0.05, 0.1) is 30.4 Å². The van der Waals surface area contributed by atoms with E-state index >= 15 is 0 Å². The molecule has 0 aliphatic carbocycles. The zero-order chi connectivity index (χ0) is 12.4. The zero-order valence-corrected chi connectivity index (χ0v) is 9.87. The van der Waals surface area contributed by atoms with Crippen molar-refractivity contribution in [3.05, 3.63) is 30.0 Å². The Bertz CT molecular complexity index is 579. The van der Waals surface area contributed by atoms with Gasteiger partial charge < -0.3 is 9.64 Å². The van der Waals surface area contributed by atoms with Crippen molar-refractivity contribution in [2.45, 2.75) is 0 Å². The average Bonchev–Trinajstić information content (AvgIpc) is 2.47. The predicted octanol–water partition coefficient (Wildman–Crippen LogP) is 1.28. The molecule has 1 fully saturated rings. The summed E-state index contributed by atoms with van der Waals surface area (Å²) in [6.07, 6.45) is 2.57. The van der Waals surface area contributed by atoms with Crippen molar-refractivity contribution in [1.29, 1.82) is 0 Å². The first-order chi connectivity index (χ1) is 8.86. The molecule has 18 heavy (non-hydrogen) atoms. The number of aldehydes is 1. The standard InChI is InChI=1S/C13H13N3O2/c17-9-10-1-2-11-12(7-10)14-8-13(15-11)16-3-5-18-6-4-16/h1-2,7-9H,3-6H2. The van der Waals surface area contributed by atoms with Crippen molar-refractivity contribution >= 4 is 23.1 Å². The second-order valence-electron chi connectivity index (χ2n) is 4.19. The Morgan fingerprint density at radius 2 is 2.06 bits per heavy atom. The Kier molecular flexibility index (Phi) is 2.90. The molecule has 0 atom stereocenters. The highest BCUT2D eigenvalue weighted by Crippen LogP contribution is 2.17. The van der Waals surface area contributed by atoms with Crippen molar-refractivity contribution in [3.8, 4) is 0 Å². The van der Waals surface area contributed by atoms with E-state index in [0.29, 0.717) is 5.56 Å². The van der Waals surface area contributed by atoms with E-state index in [1.54, 1.807) is 18.3 Å². The number of morpholine rings is 1. The summed E-state index contributed by atoms with van der Waals surface area (Å²) in [6, 6.07) is 5.33. The van der Waals surface area contributed by atoms with Gasteiger partial charge in [-0.3, -0.25) is 9.78 Å². The average molecular weight is 243 g/mol. The Hall–Kier alpha value is -2.01. The molecule has 1 aliphatic heterocycles. The van der Waals surface area contributed by atoms with E-state index in [9.17, 15) is 4.79 Å². The van der Waals surface area contributed by atoms with Crippen LogP contribution in [0.4, 0.5) is 5.82 Å². The summed E-state index contributed by atoms with van der Waals surface area (Å²) in [6.45, 7) is 3.13. The quantitative estimate of drug-likeness (QED) is 0.744. The second kappa shape index (κ2) is 4.70. The first-order valence-electron chi connectivity index (χ1n) is 5.91. The molecule has 1 aliphatic rings. The maximum Gasteiger partial charge on any atom is 0.150 e. The number of carbonyl (C=O) groups is 1. The SMILES string of the molecule is O=Cc1ccc2nc(N3CCOCC3)cnc2c1. The van der Waals surface area contributed by atoms with E-state index in [2.05, 4.69) is 14.9 Å². The van der Waals surface area contributed by atoms with Crippen molar-refractivity contribution in [1.82, 2.24) is 9.97 Å². The van der Waals surface area contributed by atoms with Gasteiger partial charge in [-0.2, -0.15) is 0 Å². The van der Waals surface area contributed by atoms with Gasteiger partial charge in [0.25, 0.3) is 0 Å². The minimum absolute atomic E-state index is 0.621. The summed E-state index contributed by atoms with van der Waals surface area (Å²) >= 11 is 0. The van der Waals surface area contributed by atoms with Gasteiger partial charge in [0.2, 0.25) is 0 Å². The molecule has 0 radical (unpaired) electrons. The molecule has 0 unspecified atom stereocenters. The minimum atomic E-state index is 0.621. The highest BCUT2D eigenvalue weighted by molar-refractivity contribution is 5.84. The number of hydrogen-bond acceptors (Lipinski definition) is 5. The van der Waals surface area contributed by atoms with Crippen LogP contribution in [0.2, 0.25) is 0 Å². The largest absolute Gasteiger partial charge is 0.378 e. The normalized spacial score (nSPS) is 15.9. The molecular weight excluding hydrogens is 230 g/mol.